The first-order valence-electron chi connectivity index (χ1n) is 10.3. The molecule has 1 atom stereocenters. The Morgan fingerprint density at radius 1 is 1.33 bits per heavy atom. The first-order valence-corrected chi connectivity index (χ1v) is 11.1. The summed E-state index contributed by atoms with van der Waals surface area (Å²) in [6, 6.07) is 11.5. The van der Waals surface area contributed by atoms with Gasteiger partial charge in [-0.2, -0.15) is 5.26 Å². The van der Waals surface area contributed by atoms with Crippen molar-refractivity contribution < 1.29 is 9.72 Å². The van der Waals surface area contributed by atoms with E-state index in [4.69, 9.17) is 0 Å². The number of non-ortho nitro benzene ring substituents is 1. The minimum Gasteiger partial charge on any atom is -0.371 e. The Bertz CT molecular complexity index is 1270. The van der Waals surface area contributed by atoms with Gasteiger partial charge in [-0.1, -0.05) is 6.92 Å². The van der Waals surface area contributed by atoms with Crippen LogP contribution in [-0.4, -0.2) is 38.7 Å². The number of nitro groups is 1. The number of carbonyl (C=O) groups is 1. The normalized spacial score (nSPS) is 15.3. The third kappa shape index (κ3) is 4.80. The van der Waals surface area contributed by atoms with Gasteiger partial charge in [0.1, 0.15) is 12.4 Å². The number of nitrogens with one attached hydrogen (secondary N) is 1. The van der Waals surface area contributed by atoms with E-state index in [2.05, 4.69) is 33.4 Å². The van der Waals surface area contributed by atoms with Gasteiger partial charge < -0.3 is 14.8 Å². The molecule has 1 aromatic heterocycles. The first-order chi connectivity index (χ1) is 15.9. The molecular weight excluding hydrogens is 442 g/mol. The molecule has 2 aromatic carbocycles. The summed E-state index contributed by atoms with van der Waals surface area (Å²) in [6.45, 7) is 4.04. The molecule has 2 heterocycles. The number of nitriles is 1. The molecule has 3 aromatic rings. The fraction of sp³-hybridized carbons (Fsp3) is 0.273. The van der Waals surface area contributed by atoms with E-state index in [1.165, 1.54) is 36.3 Å². The van der Waals surface area contributed by atoms with Gasteiger partial charge in [0.15, 0.2) is 5.16 Å². The second-order valence-electron chi connectivity index (χ2n) is 7.90. The molecule has 0 aliphatic carbocycles. The highest BCUT2D eigenvalue weighted by molar-refractivity contribution is 7.99. The van der Waals surface area contributed by atoms with Gasteiger partial charge in [0.05, 0.1) is 21.7 Å². The minimum atomic E-state index is -0.555. The van der Waals surface area contributed by atoms with E-state index in [9.17, 15) is 20.2 Å². The lowest BCUT2D eigenvalue weighted by Gasteiger charge is -2.19. The molecule has 0 bridgehead atoms. The van der Waals surface area contributed by atoms with Crippen LogP contribution in [0, 0.1) is 27.4 Å². The van der Waals surface area contributed by atoms with E-state index in [0.717, 1.165) is 25.2 Å². The van der Waals surface area contributed by atoms with Crippen LogP contribution in [0.15, 0.2) is 52.8 Å². The standard InChI is InChI=1S/C22H21N7O3S/c1-14-7-8-28(12-14)16-3-5-19(15(9-16)11-23)25-21(30)18-10-17(29(31)32)4-6-20(18)33-22-26-24-13-27(22)2/h3-6,9-10,13-14H,7-8,12H2,1-2H3,(H,25,30)/t14-/m0/s1. The van der Waals surface area contributed by atoms with Gasteiger partial charge in [0.25, 0.3) is 11.6 Å². The molecule has 1 N–H and O–H groups in total. The Balaban J connectivity index is 1.63. The number of benzene rings is 2. The van der Waals surface area contributed by atoms with Crippen LogP contribution in [0.5, 0.6) is 0 Å². The number of nitro benzene ring substituents is 1. The Morgan fingerprint density at radius 3 is 2.79 bits per heavy atom. The highest BCUT2D eigenvalue weighted by Crippen LogP contribution is 2.33. The summed E-state index contributed by atoms with van der Waals surface area (Å²) in [5.41, 5.74) is 1.51. The van der Waals surface area contributed by atoms with Gasteiger partial charge in [-0.05, 0) is 48.4 Å². The third-order valence-electron chi connectivity index (χ3n) is 5.45. The van der Waals surface area contributed by atoms with Crippen LogP contribution < -0.4 is 10.2 Å². The lowest BCUT2D eigenvalue weighted by atomic mass is 10.1. The average molecular weight is 464 g/mol. The van der Waals surface area contributed by atoms with Crippen LogP contribution in [0.25, 0.3) is 0 Å². The summed E-state index contributed by atoms with van der Waals surface area (Å²) in [7, 11) is 1.76. The zero-order chi connectivity index (χ0) is 23.5. The first kappa shape index (κ1) is 22.3. The third-order valence-corrected chi connectivity index (χ3v) is 6.58. The van der Waals surface area contributed by atoms with Crippen LogP contribution in [0.3, 0.4) is 0 Å². The van der Waals surface area contributed by atoms with Crippen molar-refractivity contribution in [3.8, 4) is 6.07 Å². The number of hydrogen-bond acceptors (Lipinski definition) is 8. The van der Waals surface area contributed by atoms with Gasteiger partial charge in [0.2, 0.25) is 0 Å². The molecule has 0 radical (unpaired) electrons. The fourth-order valence-electron chi connectivity index (χ4n) is 3.65. The van der Waals surface area contributed by atoms with Crippen LogP contribution in [-0.2, 0) is 7.05 Å². The molecule has 1 aliphatic heterocycles. The number of anilines is 2. The van der Waals surface area contributed by atoms with E-state index < -0.39 is 10.8 Å². The Morgan fingerprint density at radius 2 is 2.15 bits per heavy atom. The van der Waals surface area contributed by atoms with Gasteiger partial charge in [0, 0.05) is 42.9 Å². The molecule has 4 rings (SSSR count). The van der Waals surface area contributed by atoms with Crippen molar-refractivity contribution in [1.82, 2.24) is 14.8 Å². The van der Waals surface area contributed by atoms with Crippen molar-refractivity contribution in [2.24, 2.45) is 13.0 Å². The van der Waals surface area contributed by atoms with E-state index >= 15 is 0 Å². The quantitative estimate of drug-likeness (QED) is 0.431. The highest BCUT2D eigenvalue weighted by atomic mass is 32.2. The van der Waals surface area contributed by atoms with Crippen molar-refractivity contribution in [3.05, 3.63) is 64.0 Å². The molecule has 11 heteroatoms. The SMILES string of the molecule is C[C@H]1CCN(c2ccc(NC(=O)c3cc([N+](=O)[O-])ccc3Sc3nncn3C)c(C#N)c2)C1. The maximum atomic E-state index is 13.2. The molecule has 10 nitrogen and oxygen atoms in total. The van der Waals surface area contributed by atoms with Crippen molar-refractivity contribution in [2.75, 3.05) is 23.3 Å². The van der Waals surface area contributed by atoms with E-state index in [0.29, 0.717) is 27.2 Å². The summed E-state index contributed by atoms with van der Waals surface area (Å²) < 4.78 is 1.68. The Kier molecular flexibility index (Phi) is 6.28. The predicted octanol–water partition coefficient (Wildman–Crippen LogP) is 3.84. The van der Waals surface area contributed by atoms with Gasteiger partial charge in [-0.3, -0.25) is 14.9 Å². The molecule has 168 valence electrons. The number of rotatable bonds is 6. The minimum absolute atomic E-state index is 0.110. The summed E-state index contributed by atoms with van der Waals surface area (Å²) in [5.74, 6) is 0.0380. The lowest BCUT2D eigenvalue weighted by Crippen LogP contribution is -2.19. The van der Waals surface area contributed by atoms with Crippen molar-refractivity contribution in [2.45, 2.75) is 23.4 Å². The van der Waals surface area contributed by atoms with Crippen LogP contribution >= 0.6 is 11.8 Å². The molecule has 1 saturated heterocycles. The molecular formula is C22H21N7O3S. The van der Waals surface area contributed by atoms with E-state index in [1.807, 2.05) is 6.07 Å². The second-order valence-corrected chi connectivity index (χ2v) is 8.91. The number of amides is 1. The summed E-state index contributed by atoms with van der Waals surface area (Å²) in [5, 5.41) is 32.0. The molecule has 1 fully saturated rings. The second kappa shape index (κ2) is 9.30. The number of nitrogens with zero attached hydrogens (tertiary/aromatic N) is 6. The van der Waals surface area contributed by atoms with Crippen molar-refractivity contribution >= 4 is 34.7 Å². The zero-order valence-electron chi connectivity index (χ0n) is 18.1. The van der Waals surface area contributed by atoms with Crippen LogP contribution in [0.4, 0.5) is 17.1 Å². The fourth-order valence-corrected chi connectivity index (χ4v) is 4.52. The number of carbonyl (C=O) groups excluding carboxylic acids is 1. The largest absolute Gasteiger partial charge is 0.371 e. The molecule has 33 heavy (non-hydrogen) atoms. The van der Waals surface area contributed by atoms with Gasteiger partial charge in [-0.15, -0.1) is 10.2 Å². The molecule has 0 saturated carbocycles. The van der Waals surface area contributed by atoms with Gasteiger partial charge >= 0.3 is 0 Å². The lowest BCUT2D eigenvalue weighted by molar-refractivity contribution is -0.384. The number of hydrogen-bond donors (Lipinski definition) is 1. The molecule has 1 aliphatic rings. The average Bonchev–Trinajstić information content (AvgIpc) is 3.42. The highest BCUT2D eigenvalue weighted by Gasteiger charge is 2.22. The molecule has 1 amide bonds. The zero-order valence-corrected chi connectivity index (χ0v) is 18.9. The van der Waals surface area contributed by atoms with Crippen LogP contribution in [0.2, 0.25) is 0 Å². The summed E-state index contributed by atoms with van der Waals surface area (Å²) in [4.78, 5) is 26.6. The Hall–Kier alpha value is -3.91. The summed E-state index contributed by atoms with van der Waals surface area (Å²) in [6.07, 6.45) is 2.62. The monoisotopic (exact) mass is 463 g/mol. The smallest absolute Gasteiger partial charge is 0.270 e. The summed E-state index contributed by atoms with van der Waals surface area (Å²) >= 11 is 1.17. The Labute approximate surface area is 194 Å². The maximum Gasteiger partial charge on any atom is 0.270 e. The van der Waals surface area contributed by atoms with Crippen molar-refractivity contribution in [1.29, 1.82) is 5.26 Å². The van der Waals surface area contributed by atoms with Crippen LogP contribution in [0.1, 0.15) is 29.3 Å². The maximum absolute atomic E-state index is 13.2. The van der Waals surface area contributed by atoms with Crippen molar-refractivity contribution in [3.63, 3.8) is 0 Å². The topological polar surface area (TPSA) is 130 Å². The molecule has 0 unspecified atom stereocenters. The number of aromatic nitrogens is 3. The predicted molar refractivity (Wildman–Crippen MR) is 123 cm³/mol. The van der Waals surface area contributed by atoms with E-state index in [-0.39, 0.29) is 11.3 Å². The number of aryl methyl sites for hydroxylation is 1. The van der Waals surface area contributed by atoms with E-state index in [1.54, 1.807) is 23.7 Å². The van der Waals surface area contributed by atoms with Gasteiger partial charge in [-0.25, -0.2) is 0 Å². The molecule has 0 spiro atoms.